The number of aromatic amines is 1. The number of hydrogen-bond acceptors (Lipinski definition) is 6. The van der Waals surface area contributed by atoms with Crippen molar-refractivity contribution in [3.05, 3.63) is 75.1 Å². The summed E-state index contributed by atoms with van der Waals surface area (Å²) in [4.78, 5) is 53.3. The summed E-state index contributed by atoms with van der Waals surface area (Å²) in [6.45, 7) is 1.48. The van der Waals surface area contributed by atoms with Crippen LogP contribution in [0.2, 0.25) is 0 Å². The first-order chi connectivity index (χ1) is 13.9. The number of rotatable bonds is 7. The van der Waals surface area contributed by atoms with Crippen LogP contribution in [0, 0.1) is 0 Å². The van der Waals surface area contributed by atoms with Gasteiger partial charge in [0.05, 0.1) is 11.3 Å². The number of hydrogen-bond donors (Lipinski definition) is 3. The molecule has 0 aliphatic heterocycles. The molecule has 2 heterocycles. The van der Waals surface area contributed by atoms with Crippen molar-refractivity contribution in [3.8, 4) is 0 Å². The van der Waals surface area contributed by atoms with E-state index in [0.717, 1.165) is 0 Å². The maximum absolute atomic E-state index is 12.1. The Morgan fingerprint density at radius 1 is 1.03 bits per heavy atom. The number of amides is 2. The molecule has 0 unspecified atom stereocenters. The van der Waals surface area contributed by atoms with Crippen molar-refractivity contribution in [3.63, 3.8) is 0 Å². The Labute approximate surface area is 170 Å². The third-order valence-electron chi connectivity index (χ3n) is 4.00. The zero-order valence-corrected chi connectivity index (χ0v) is 16.3. The normalized spacial score (nSPS) is 10.4. The molecule has 148 valence electrons. The van der Waals surface area contributed by atoms with E-state index in [0.29, 0.717) is 34.1 Å². The van der Waals surface area contributed by atoms with Gasteiger partial charge in [-0.15, -0.1) is 11.3 Å². The monoisotopic (exact) mass is 410 g/mol. The summed E-state index contributed by atoms with van der Waals surface area (Å²) in [7, 11) is 0. The molecule has 29 heavy (non-hydrogen) atoms. The van der Waals surface area contributed by atoms with Gasteiger partial charge >= 0.3 is 0 Å². The van der Waals surface area contributed by atoms with Gasteiger partial charge in [0.1, 0.15) is 0 Å². The molecule has 0 atom stereocenters. The smallest absolute Gasteiger partial charge is 0.258 e. The number of anilines is 2. The summed E-state index contributed by atoms with van der Waals surface area (Å²) in [5.74, 6) is -0.587. The van der Waals surface area contributed by atoms with E-state index in [4.69, 9.17) is 0 Å². The van der Waals surface area contributed by atoms with Crippen LogP contribution in [-0.4, -0.2) is 27.6 Å². The topological polar surface area (TPSA) is 121 Å². The van der Waals surface area contributed by atoms with Crippen molar-refractivity contribution in [2.75, 3.05) is 10.6 Å². The molecule has 0 radical (unpaired) electrons. The van der Waals surface area contributed by atoms with E-state index < -0.39 is 0 Å². The second-order valence-corrected chi connectivity index (χ2v) is 7.08. The predicted octanol–water partition coefficient (Wildman–Crippen LogP) is 2.86. The van der Waals surface area contributed by atoms with Crippen LogP contribution < -0.4 is 16.2 Å². The van der Waals surface area contributed by atoms with Gasteiger partial charge in [0.25, 0.3) is 5.91 Å². The van der Waals surface area contributed by atoms with Gasteiger partial charge in [-0.3, -0.25) is 24.5 Å². The molecule has 2 aromatic heterocycles. The number of carbonyl (C=O) groups excluding carboxylic acids is 3. The largest absolute Gasteiger partial charge is 0.328 e. The molecule has 0 bridgehead atoms. The maximum Gasteiger partial charge on any atom is 0.258 e. The Bertz CT molecular complexity index is 1080. The Hall–Kier alpha value is -3.59. The van der Waals surface area contributed by atoms with Crippen molar-refractivity contribution < 1.29 is 14.4 Å². The number of Topliss-reactive ketones (excluding diaryl/α,β-unsaturated/α-hetero) is 1. The fourth-order valence-corrected chi connectivity index (χ4v) is 3.19. The zero-order valence-electron chi connectivity index (χ0n) is 15.5. The van der Waals surface area contributed by atoms with Gasteiger partial charge < -0.3 is 10.3 Å². The minimum Gasteiger partial charge on any atom is -0.328 e. The Morgan fingerprint density at radius 2 is 1.76 bits per heavy atom. The van der Waals surface area contributed by atoms with Gasteiger partial charge in [-0.25, -0.2) is 4.98 Å². The summed E-state index contributed by atoms with van der Waals surface area (Å²) >= 11 is 1.26. The molecule has 2 amide bonds. The molecule has 0 aliphatic carbocycles. The maximum atomic E-state index is 12.1. The van der Waals surface area contributed by atoms with E-state index >= 15 is 0 Å². The number of carbonyl (C=O) groups is 3. The van der Waals surface area contributed by atoms with E-state index in [1.54, 1.807) is 29.6 Å². The second kappa shape index (κ2) is 9.07. The summed E-state index contributed by atoms with van der Waals surface area (Å²) < 4.78 is 0. The number of aryl methyl sites for hydroxylation is 1. The molecule has 8 nitrogen and oxygen atoms in total. The van der Waals surface area contributed by atoms with Crippen LogP contribution in [0.3, 0.4) is 0 Å². The number of benzene rings is 1. The van der Waals surface area contributed by atoms with Crippen molar-refractivity contribution in [2.24, 2.45) is 0 Å². The van der Waals surface area contributed by atoms with E-state index in [-0.39, 0.29) is 29.6 Å². The lowest BCUT2D eigenvalue weighted by atomic mass is 10.1. The molecular weight excluding hydrogens is 392 g/mol. The Balaban J connectivity index is 1.50. The molecule has 0 fully saturated rings. The van der Waals surface area contributed by atoms with Crippen LogP contribution in [0.1, 0.15) is 39.8 Å². The summed E-state index contributed by atoms with van der Waals surface area (Å²) in [5.41, 5.74) is 1.92. The highest BCUT2D eigenvalue weighted by Gasteiger charge is 2.11. The molecular formula is C20H18N4O4S. The van der Waals surface area contributed by atoms with Gasteiger partial charge in [0, 0.05) is 35.3 Å². The molecule has 0 aliphatic rings. The van der Waals surface area contributed by atoms with Crippen LogP contribution in [-0.2, 0) is 11.2 Å². The number of thiazole rings is 1. The SMILES string of the molecule is CC(=O)c1ccc(NC(=O)CCc2csc(NC(=O)c3ccc(=O)[nH]c3)n2)cc1. The minimum atomic E-state index is -0.381. The molecule has 3 rings (SSSR count). The van der Waals surface area contributed by atoms with Gasteiger partial charge in [0.2, 0.25) is 11.5 Å². The predicted molar refractivity (Wildman–Crippen MR) is 111 cm³/mol. The van der Waals surface area contributed by atoms with E-state index in [1.807, 2.05) is 0 Å². The van der Waals surface area contributed by atoms with Crippen LogP contribution in [0.4, 0.5) is 10.8 Å². The molecule has 0 saturated heterocycles. The fraction of sp³-hybridized carbons (Fsp3) is 0.150. The standard InChI is InChI=1S/C20H18N4O4S/c1-12(25)13-2-5-15(6-3-13)22-18(27)9-7-16-11-29-20(23-16)24-19(28)14-4-8-17(26)21-10-14/h2-6,8,10-11H,7,9H2,1H3,(H,21,26)(H,22,27)(H,23,24,28). The molecule has 3 aromatic rings. The van der Waals surface area contributed by atoms with Crippen LogP contribution >= 0.6 is 11.3 Å². The molecule has 0 saturated carbocycles. The first kappa shape index (κ1) is 20.2. The third-order valence-corrected chi connectivity index (χ3v) is 4.81. The van der Waals surface area contributed by atoms with Crippen LogP contribution in [0.5, 0.6) is 0 Å². The second-order valence-electron chi connectivity index (χ2n) is 6.22. The van der Waals surface area contributed by atoms with Crippen molar-refractivity contribution in [1.82, 2.24) is 9.97 Å². The number of nitrogens with one attached hydrogen (secondary N) is 3. The number of ketones is 1. The average molecular weight is 410 g/mol. The molecule has 0 spiro atoms. The van der Waals surface area contributed by atoms with Gasteiger partial charge in [0.15, 0.2) is 10.9 Å². The van der Waals surface area contributed by atoms with Gasteiger partial charge in [-0.1, -0.05) is 0 Å². The van der Waals surface area contributed by atoms with E-state index in [2.05, 4.69) is 20.6 Å². The lowest BCUT2D eigenvalue weighted by Gasteiger charge is -2.05. The third kappa shape index (κ3) is 5.69. The van der Waals surface area contributed by atoms with Crippen molar-refractivity contribution >= 4 is 39.8 Å². The minimum absolute atomic E-state index is 0.0325. The first-order valence-electron chi connectivity index (χ1n) is 8.76. The molecule has 1 aromatic carbocycles. The average Bonchev–Trinajstić information content (AvgIpc) is 3.14. The van der Waals surface area contributed by atoms with Gasteiger partial charge in [-0.05, 0) is 43.7 Å². The number of nitrogens with zero attached hydrogens (tertiary/aromatic N) is 1. The van der Waals surface area contributed by atoms with E-state index in [9.17, 15) is 19.2 Å². The van der Waals surface area contributed by atoms with E-state index in [1.165, 1.54) is 36.6 Å². The Kier molecular flexibility index (Phi) is 6.30. The van der Waals surface area contributed by atoms with Crippen molar-refractivity contribution in [1.29, 1.82) is 0 Å². The fourth-order valence-electron chi connectivity index (χ4n) is 2.45. The summed E-state index contributed by atoms with van der Waals surface area (Å²) in [6.07, 6.45) is 1.98. The lowest BCUT2D eigenvalue weighted by Crippen LogP contribution is -2.14. The van der Waals surface area contributed by atoms with Gasteiger partial charge in [-0.2, -0.15) is 0 Å². The number of aromatic nitrogens is 2. The highest BCUT2D eigenvalue weighted by atomic mass is 32.1. The van der Waals surface area contributed by atoms with Crippen LogP contribution in [0.25, 0.3) is 0 Å². The quantitative estimate of drug-likeness (QED) is 0.517. The zero-order chi connectivity index (χ0) is 20.8. The number of H-pyrrole nitrogens is 1. The van der Waals surface area contributed by atoms with Crippen molar-refractivity contribution in [2.45, 2.75) is 19.8 Å². The van der Waals surface area contributed by atoms with Crippen LogP contribution in [0.15, 0.2) is 52.8 Å². The highest BCUT2D eigenvalue weighted by molar-refractivity contribution is 7.14. The molecule has 3 N–H and O–H groups in total. The lowest BCUT2D eigenvalue weighted by molar-refractivity contribution is -0.116. The Morgan fingerprint density at radius 3 is 2.41 bits per heavy atom. The summed E-state index contributed by atoms with van der Waals surface area (Å²) in [6, 6.07) is 9.39. The highest BCUT2D eigenvalue weighted by Crippen LogP contribution is 2.18. The summed E-state index contributed by atoms with van der Waals surface area (Å²) in [5, 5.41) is 7.62. The molecule has 9 heteroatoms. The first-order valence-corrected chi connectivity index (χ1v) is 9.64. The number of pyridine rings is 1.